The molecule has 0 atom stereocenters. The first kappa shape index (κ1) is 20.7. The summed E-state index contributed by atoms with van der Waals surface area (Å²) in [4.78, 5) is 5.79. The van der Waals surface area contributed by atoms with E-state index in [1.807, 2.05) is 18.2 Å². The van der Waals surface area contributed by atoms with E-state index in [9.17, 15) is 0 Å². The monoisotopic (exact) mass is 410 g/mol. The number of aromatic nitrogens is 1. The molecule has 1 aromatic heterocycles. The van der Waals surface area contributed by atoms with Gasteiger partial charge in [-0.15, -0.1) is 17.9 Å². The molecule has 3 rings (SSSR count). The standard InChI is InChI=1S/C23H26N2O3S/c1-7-8-25-19(17-12-20(26-4)22(28-6)21(13-17)27-5)14-29-23(25)24-18-10-15(2)9-16(3)11-18/h7,9-14H,1,8H2,2-6H3. The maximum atomic E-state index is 5.52. The summed E-state index contributed by atoms with van der Waals surface area (Å²) in [6.07, 6.45) is 1.87. The molecule has 0 saturated heterocycles. The number of aryl methyl sites for hydroxylation is 2. The minimum absolute atomic E-state index is 0.574. The van der Waals surface area contributed by atoms with Crippen molar-refractivity contribution in [2.24, 2.45) is 4.99 Å². The zero-order chi connectivity index (χ0) is 21.0. The van der Waals surface area contributed by atoms with E-state index in [0.29, 0.717) is 23.8 Å². The Labute approximate surface area is 175 Å². The molecule has 0 N–H and O–H groups in total. The van der Waals surface area contributed by atoms with Crippen LogP contribution in [0.3, 0.4) is 0 Å². The second-order valence-electron chi connectivity index (χ2n) is 6.67. The summed E-state index contributed by atoms with van der Waals surface area (Å²) in [5.74, 6) is 1.81. The zero-order valence-corrected chi connectivity index (χ0v) is 18.3. The minimum atomic E-state index is 0.574. The molecule has 0 aliphatic rings. The largest absolute Gasteiger partial charge is 0.493 e. The van der Waals surface area contributed by atoms with E-state index < -0.39 is 0 Å². The zero-order valence-electron chi connectivity index (χ0n) is 17.5. The van der Waals surface area contributed by atoms with Gasteiger partial charge in [0.1, 0.15) is 0 Å². The number of thiazole rings is 1. The van der Waals surface area contributed by atoms with Gasteiger partial charge in [0.15, 0.2) is 16.3 Å². The number of rotatable bonds is 7. The third-order valence-electron chi connectivity index (χ3n) is 4.50. The number of nitrogens with zero attached hydrogens (tertiary/aromatic N) is 2. The van der Waals surface area contributed by atoms with E-state index in [0.717, 1.165) is 21.7 Å². The van der Waals surface area contributed by atoms with Crippen molar-refractivity contribution in [3.05, 3.63) is 64.3 Å². The van der Waals surface area contributed by atoms with Crippen molar-refractivity contribution >= 4 is 17.0 Å². The number of benzene rings is 2. The molecule has 1 heterocycles. The molecule has 0 saturated carbocycles. The molecule has 5 nitrogen and oxygen atoms in total. The van der Waals surface area contributed by atoms with E-state index in [-0.39, 0.29) is 0 Å². The summed E-state index contributed by atoms with van der Waals surface area (Å²) in [6.45, 7) is 8.72. The van der Waals surface area contributed by atoms with Gasteiger partial charge in [-0.25, -0.2) is 4.99 Å². The van der Waals surface area contributed by atoms with Gasteiger partial charge in [-0.2, -0.15) is 0 Å². The lowest BCUT2D eigenvalue weighted by atomic mass is 10.1. The second kappa shape index (κ2) is 9.01. The normalized spacial score (nSPS) is 11.4. The molecule has 0 aliphatic heterocycles. The SMILES string of the molecule is C=CCn1c(-c2cc(OC)c(OC)c(OC)c2)csc1=Nc1cc(C)cc(C)c1. The van der Waals surface area contributed by atoms with Crippen molar-refractivity contribution in [2.75, 3.05) is 21.3 Å². The summed E-state index contributed by atoms with van der Waals surface area (Å²) >= 11 is 1.59. The molecule has 2 aromatic carbocycles. The van der Waals surface area contributed by atoms with Gasteiger partial charge in [-0.05, 0) is 49.2 Å². The third kappa shape index (κ3) is 4.38. The Morgan fingerprint density at radius 2 is 1.59 bits per heavy atom. The van der Waals surface area contributed by atoms with Gasteiger partial charge >= 0.3 is 0 Å². The van der Waals surface area contributed by atoms with Gasteiger partial charge in [-0.1, -0.05) is 12.1 Å². The van der Waals surface area contributed by atoms with Gasteiger partial charge in [0.25, 0.3) is 0 Å². The van der Waals surface area contributed by atoms with Gasteiger partial charge in [-0.3, -0.25) is 0 Å². The van der Waals surface area contributed by atoms with Crippen LogP contribution in [0.4, 0.5) is 5.69 Å². The number of hydrogen-bond donors (Lipinski definition) is 0. The molecular formula is C23H26N2O3S. The molecule has 0 amide bonds. The second-order valence-corrected chi connectivity index (χ2v) is 7.51. The molecule has 29 heavy (non-hydrogen) atoms. The van der Waals surface area contributed by atoms with Crippen LogP contribution >= 0.6 is 11.3 Å². The van der Waals surface area contributed by atoms with E-state index >= 15 is 0 Å². The first-order chi connectivity index (χ1) is 14.0. The molecule has 0 aliphatic carbocycles. The quantitative estimate of drug-likeness (QED) is 0.498. The average Bonchev–Trinajstić information content (AvgIpc) is 3.08. The summed E-state index contributed by atoms with van der Waals surface area (Å²) in [6, 6.07) is 10.2. The minimum Gasteiger partial charge on any atom is -0.493 e. The summed E-state index contributed by atoms with van der Waals surface area (Å²) in [5.41, 5.74) is 5.30. The van der Waals surface area contributed by atoms with Crippen molar-refractivity contribution in [3.8, 4) is 28.5 Å². The fraction of sp³-hybridized carbons (Fsp3) is 0.261. The van der Waals surface area contributed by atoms with Crippen LogP contribution in [-0.2, 0) is 6.54 Å². The highest BCUT2D eigenvalue weighted by atomic mass is 32.1. The molecule has 6 heteroatoms. The predicted octanol–water partition coefficient (Wildman–Crippen LogP) is 5.28. The molecule has 152 valence electrons. The van der Waals surface area contributed by atoms with Crippen LogP contribution in [-0.4, -0.2) is 25.9 Å². The summed E-state index contributed by atoms with van der Waals surface area (Å²) < 4.78 is 18.6. The molecule has 0 unspecified atom stereocenters. The first-order valence-electron chi connectivity index (χ1n) is 9.23. The van der Waals surface area contributed by atoms with Crippen molar-refractivity contribution < 1.29 is 14.2 Å². The lowest BCUT2D eigenvalue weighted by Crippen LogP contribution is -2.15. The van der Waals surface area contributed by atoms with Gasteiger partial charge < -0.3 is 18.8 Å². The van der Waals surface area contributed by atoms with E-state index in [1.165, 1.54) is 11.1 Å². The van der Waals surface area contributed by atoms with Crippen LogP contribution in [0.2, 0.25) is 0 Å². The van der Waals surface area contributed by atoms with Crippen LogP contribution < -0.4 is 19.0 Å². The van der Waals surface area contributed by atoms with Crippen LogP contribution in [0.25, 0.3) is 11.3 Å². The summed E-state index contributed by atoms with van der Waals surface area (Å²) in [7, 11) is 4.84. The Morgan fingerprint density at radius 3 is 2.10 bits per heavy atom. The van der Waals surface area contributed by atoms with E-state index in [4.69, 9.17) is 19.2 Å². The lowest BCUT2D eigenvalue weighted by molar-refractivity contribution is 0.324. The fourth-order valence-electron chi connectivity index (χ4n) is 3.31. The Morgan fingerprint density at radius 1 is 0.966 bits per heavy atom. The van der Waals surface area contributed by atoms with Crippen molar-refractivity contribution in [3.63, 3.8) is 0 Å². The molecule has 0 radical (unpaired) electrons. The highest BCUT2D eigenvalue weighted by Crippen LogP contribution is 2.41. The van der Waals surface area contributed by atoms with Crippen molar-refractivity contribution in [1.29, 1.82) is 0 Å². The molecule has 0 fully saturated rings. The Balaban J connectivity index is 2.19. The number of hydrogen-bond acceptors (Lipinski definition) is 5. The van der Waals surface area contributed by atoms with Gasteiger partial charge in [0.2, 0.25) is 5.75 Å². The van der Waals surface area contributed by atoms with E-state index in [2.05, 4.69) is 48.6 Å². The Bertz CT molecular complexity index is 1050. The summed E-state index contributed by atoms with van der Waals surface area (Å²) in [5, 5.41) is 2.09. The smallest absolute Gasteiger partial charge is 0.203 e. The van der Waals surface area contributed by atoms with Gasteiger partial charge in [0, 0.05) is 17.5 Å². The van der Waals surface area contributed by atoms with Crippen LogP contribution in [0.1, 0.15) is 11.1 Å². The number of methoxy groups -OCH3 is 3. The first-order valence-corrected chi connectivity index (χ1v) is 10.1. The molecular weight excluding hydrogens is 384 g/mol. The number of ether oxygens (including phenoxy) is 3. The van der Waals surface area contributed by atoms with Gasteiger partial charge in [0.05, 0.1) is 32.7 Å². The van der Waals surface area contributed by atoms with Crippen LogP contribution in [0, 0.1) is 13.8 Å². The van der Waals surface area contributed by atoms with Crippen LogP contribution in [0.5, 0.6) is 17.2 Å². The van der Waals surface area contributed by atoms with Crippen molar-refractivity contribution in [1.82, 2.24) is 4.57 Å². The average molecular weight is 411 g/mol. The number of allylic oxidation sites excluding steroid dienone is 1. The predicted molar refractivity (Wildman–Crippen MR) is 119 cm³/mol. The molecule has 0 bridgehead atoms. The lowest BCUT2D eigenvalue weighted by Gasteiger charge is -2.15. The maximum Gasteiger partial charge on any atom is 0.203 e. The topological polar surface area (TPSA) is 45.0 Å². The highest BCUT2D eigenvalue weighted by molar-refractivity contribution is 7.07. The molecule has 3 aromatic rings. The Hall–Kier alpha value is -2.99. The third-order valence-corrected chi connectivity index (χ3v) is 5.36. The fourth-order valence-corrected chi connectivity index (χ4v) is 4.25. The molecule has 0 spiro atoms. The maximum absolute atomic E-state index is 5.52. The Kier molecular flexibility index (Phi) is 6.44. The van der Waals surface area contributed by atoms with Crippen LogP contribution in [0.15, 0.2) is 53.4 Å². The van der Waals surface area contributed by atoms with E-state index in [1.54, 1.807) is 32.7 Å². The van der Waals surface area contributed by atoms with Crippen molar-refractivity contribution in [2.45, 2.75) is 20.4 Å². The highest BCUT2D eigenvalue weighted by Gasteiger charge is 2.16.